The number of hydrogen-bond donors (Lipinski definition) is 1. The van der Waals surface area contributed by atoms with Crippen molar-refractivity contribution >= 4 is 18.3 Å². The molecule has 0 aliphatic rings. The van der Waals surface area contributed by atoms with E-state index in [4.69, 9.17) is 10.1 Å². The van der Waals surface area contributed by atoms with Crippen LogP contribution in [0.2, 0.25) is 0 Å². The number of rotatable bonds is 10. The van der Waals surface area contributed by atoms with E-state index in [1.54, 1.807) is 7.11 Å². The van der Waals surface area contributed by atoms with Crippen LogP contribution >= 0.6 is 12.4 Å². The van der Waals surface area contributed by atoms with E-state index < -0.39 is 0 Å². The molecular weight excluding hydrogens is 222 g/mol. The van der Waals surface area contributed by atoms with Crippen molar-refractivity contribution in [3.63, 3.8) is 0 Å². The highest BCUT2D eigenvalue weighted by Gasteiger charge is 1.95. The highest BCUT2D eigenvalue weighted by molar-refractivity contribution is 5.85. The molecule has 0 heterocycles. The summed E-state index contributed by atoms with van der Waals surface area (Å²) in [5.74, 6) is 0.429. The number of unbranched alkanes of at least 4 members (excludes halogenated alkanes) is 8. The Balaban J connectivity index is 0. The molecule has 0 aromatic rings. The monoisotopic (exact) mass is 249 g/mol. The summed E-state index contributed by atoms with van der Waals surface area (Å²) >= 11 is 0. The molecule has 0 amide bonds. The van der Waals surface area contributed by atoms with E-state index in [-0.39, 0.29) is 12.4 Å². The largest absolute Gasteiger partial charge is 0.484 e. The van der Waals surface area contributed by atoms with E-state index in [2.05, 4.69) is 6.92 Å². The summed E-state index contributed by atoms with van der Waals surface area (Å²) in [5, 5.41) is 7.31. The van der Waals surface area contributed by atoms with Gasteiger partial charge in [-0.15, -0.1) is 12.4 Å². The van der Waals surface area contributed by atoms with E-state index in [0.29, 0.717) is 5.90 Å². The molecule has 98 valence electrons. The zero-order valence-electron chi connectivity index (χ0n) is 10.9. The van der Waals surface area contributed by atoms with Crippen LogP contribution in [0.5, 0.6) is 0 Å². The van der Waals surface area contributed by atoms with Crippen molar-refractivity contribution in [3.05, 3.63) is 0 Å². The number of hydrogen-bond acceptors (Lipinski definition) is 2. The molecule has 2 nitrogen and oxygen atoms in total. The van der Waals surface area contributed by atoms with Crippen LogP contribution in [0.4, 0.5) is 0 Å². The first-order chi connectivity index (χ1) is 7.31. The Morgan fingerprint density at radius 2 is 1.31 bits per heavy atom. The first-order valence-corrected chi connectivity index (χ1v) is 6.42. The summed E-state index contributed by atoms with van der Waals surface area (Å²) in [4.78, 5) is 0. The van der Waals surface area contributed by atoms with Gasteiger partial charge >= 0.3 is 0 Å². The molecule has 0 aromatic heterocycles. The first-order valence-electron chi connectivity index (χ1n) is 6.42. The zero-order chi connectivity index (χ0) is 11.4. The van der Waals surface area contributed by atoms with Crippen LogP contribution in [0.25, 0.3) is 0 Å². The van der Waals surface area contributed by atoms with Gasteiger partial charge in [-0.1, -0.05) is 58.3 Å². The van der Waals surface area contributed by atoms with Crippen LogP contribution in [0.1, 0.15) is 71.1 Å². The third-order valence-electron chi connectivity index (χ3n) is 2.75. The Kier molecular flexibility index (Phi) is 16.7. The van der Waals surface area contributed by atoms with Gasteiger partial charge in [0, 0.05) is 6.42 Å². The van der Waals surface area contributed by atoms with Gasteiger partial charge in [-0.05, 0) is 6.42 Å². The fourth-order valence-electron chi connectivity index (χ4n) is 1.70. The normalized spacial score (nSPS) is 9.62. The molecule has 0 bridgehead atoms. The predicted octanol–water partition coefficient (Wildman–Crippen LogP) is 4.95. The fraction of sp³-hybridized carbons (Fsp3) is 0.923. The predicted molar refractivity (Wildman–Crippen MR) is 73.8 cm³/mol. The van der Waals surface area contributed by atoms with Crippen molar-refractivity contribution in [1.82, 2.24) is 0 Å². The maximum absolute atomic E-state index is 7.31. The van der Waals surface area contributed by atoms with E-state index in [0.717, 1.165) is 12.8 Å². The molecule has 0 radical (unpaired) electrons. The van der Waals surface area contributed by atoms with Gasteiger partial charge in [-0.25, -0.2) is 0 Å². The standard InChI is InChI=1S/C13H27NO.ClH/c1-3-4-5-6-7-8-9-10-11-12-13(14)15-2;/h14H,3-12H2,1-2H3;1H. The average Bonchev–Trinajstić information content (AvgIpc) is 2.26. The molecule has 0 saturated heterocycles. The lowest BCUT2D eigenvalue weighted by Gasteiger charge is -2.02. The quantitative estimate of drug-likeness (QED) is 0.332. The van der Waals surface area contributed by atoms with Gasteiger partial charge in [0.2, 0.25) is 0 Å². The third-order valence-corrected chi connectivity index (χ3v) is 2.75. The molecule has 16 heavy (non-hydrogen) atoms. The molecule has 0 aliphatic heterocycles. The number of methoxy groups -OCH3 is 1. The van der Waals surface area contributed by atoms with Gasteiger partial charge < -0.3 is 4.74 Å². The van der Waals surface area contributed by atoms with Crippen molar-refractivity contribution < 1.29 is 4.74 Å². The molecule has 0 spiro atoms. The fourth-order valence-corrected chi connectivity index (χ4v) is 1.70. The number of ether oxygens (including phenoxy) is 1. The van der Waals surface area contributed by atoms with Gasteiger partial charge in [0.1, 0.15) is 0 Å². The van der Waals surface area contributed by atoms with Crippen LogP contribution in [0, 0.1) is 5.41 Å². The smallest absolute Gasteiger partial charge is 0.180 e. The van der Waals surface area contributed by atoms with Crippen LogP contribution < -0.4 is 0 Å². The summed E-state index contributed by atoms with van der Waals surface area (Å²) in [6, 6.07) is 0. The molecule has 0 fully saturated rings. The van der Waals surface area contributed by atoms with Gasteiger partial charge in [0.25, 0.3) is 0 Å². The lowest BCUT2D eigenvalue weighted by Crippen LogP contribution is -1.97. The van der Waals surface area contributed by atoms with Crippen LogP contribution in [0.15, 0.2) is 0 Å². The molecule has 0 aromatic carbocycles. The second-order valence-electron chi connectivity index (χ2n) is 4.21. The number of nitrogens with one attached hydrogen (secondary N) is 1. The van der Waals surface area contributed by atoms with Crippen molar-refractivity contribution in [1.29, 1.82) is 5.41 Å². The molecule has 1 N–H and O–H groups in total. The highest BCUT2D eigenvalue weighted by Crippen LogP contribution is 2.10. The van der Waals surface area contributed by atoms with Crippen molar-refractivity contribution in [2.75, 3.05) is 7.11 Å². The summed E-state index contributed by atoms with van der Waals surface area (Å²) in [6.45, 7) is 2.25. The van der Waals surface area contributed by atoms with E-state index in [1.807, 2.05) is 0 Å². The summed E-state index contributed by atoms with van der Waals surface area (Å²) < 4.78 is 4.81. The summed E-state index contributed by atoms with van der Waals surface area (Å²) in [6.07, 6.45) is 12.8. The SMILES string of the molecule is CCCCCCCCCCCC(=N)OC.Cl. The van der Waals surface area contributed by atoms with Gasteiger partial charge in [0.15, 0.2) is 5.90 Å². The van der Waals surface area contributed by atoms with Gasteiger partial charge in [-0.2, -0.15) is 0 Å². The van der Waals surface area contributed by atoms with Crippen molar-refractivity contribution in [3.8, 4) is 0 Å². The lowest BCUT2D eigenvalue weighted by molar-refractivity contribution is 0.382. The summed E-state index contributed by atoms with van der Waals surface area (Å²) in [5.41, 5.74) is 0. The first kappa shape index (κ1) is 18.1. The zero-order valence-corrected chi connectivity index (χ0v) is 11.7. The molecule has 0 rings (SSSR count). The second-order valence-corrected chi connectivity index (χ2v) is 4.21. The van der Waals surface area contributed by atoms with Crippen LogP contribution in [0.3, 0.4) is 0 Å². The molecule has 0 aliphatic carbocycles. The Morgan fingerprint density at radius 1 is 0.875 bits per heavy atom. The van der Waals surface area contributed by atoms with Gasteiger partial charge in [-0.3, -0.25) is 5.41 Å². The lowest BCUT2D eigenvalue weighted by atomic mass is 10.1. The Bertz CT molecular complexity index is 151. The third kappa shape index (κ3) is 13.8. The molecule has 0 atom stereocenters. The minimum absolute atomic E-state index is 0. The maximum Gasteiger partial charge on any atom is 0.180 e. The Morgan fingerprint density at radius 3 is 1.75 bits per heavy atom. The van der Waals surface area contributed by atoms with Crippen molar-refractivity contribution in [2.24, 2.45) is 0 Å². The molecular formula is C13H28ClNO. The van der Waals surface area contributed by atoms with Crippen LogP contribution in [-0.4, -0.2) is 13.0 Å². The highest BCUT2D eigenvalue weighted by atomic mass is 35.5. The van der Waals surface area contributed by atoms with Crippen molar-refractivity contribution in [2.45, 2.75) is 71.1 Å². The van der Waals surface area contributed by atoms with E-state index in [1.165, 1.54) is 51.4 Å². The number of halogens is 1. The van der Waals surface area contributed by atoms with E-state index in [9.17, 15) is 0 Å². The average molecular weight is 250 g/mol. The molecule has 3 heteroatoms. The second kappa shape index (κ2) is 14.8. The molecule has 0 unspecified atom stereocenters. The summed E-state index contributed by atoms with van der Waals surface area (Å²) in [7, 11) is 1.58. The molecule has 0 saturated carbocycles. The Hall–Kier alpha value is -0.240. The van der Waals surface area contributed by atoms with E-state index >= 15 is 0 Å². The minimum Gasteiger partial charge on any atom is -0.484 e. The van der Waals surface area contributed by atoms with Gasteiger partial charge in [0.05, 0.1) is 7.11 Å². The topological polar surface area (TPSA) is 33.1 Å². The van der Waals surface area contributed by atoms with Crippen LogP contribution in [-0.2, 0) is 4.74 Å². The maximum atomic E-state index is 7.31. The minimum atomic E-state index is 0. The Labute approximate surface area is 107 Å².